The molecule has 2 rings (SSSR count). The summed E-state index contributed by atoms with van der Waals surface area (Å²) in [5.74, 6) is 0. The Kier molecular flexibility index (Phi) is 4.62. The molecule has 0 aromatic heterocycles. The Morgan fingerprint density at radius 1 is 1.10 bits per heavy atom. The highest BCUT2D eigenvalue weighted by atomic mass is 35.5. The van der Waals surface area contributed by atoms with E-state index in [1.54, 1.807) is 18.2 Å². The topological polar surface area (TPSA) is 46.2 Å². The Balaban J connectivity index is 2.33. The summed E-state index contributed by atoms with van der Waals surface area (Å²) in [6.07, 6.45) is 1.12. The molecule has 0 unspecified atom stereocenters. The van der Waals surface area contributed by atoms with Crippen molar-refractivity contribution in [2.75, 3.05) is 11.0 Å². The zero-order valence-electron chi connectivity index (χ0n) is 11.1. The molecule has 0 heterocycles. The second-order valence-corrected chi connectivity index (χ2v) is 7.73. The smallest absolute Gasteiger partial charge is 0.229 e. The summed E-state index contributed by atoms with van der Waals surface area (Å²) in [6.45, 7) is 2.02. The molecule has 1 N–H and O–H groups in total. The van der Waals surface area contributed by atoms with Gasteiger partial charge in [-0.3, -0.25) is 4.72 Å². The Bertz CT molecular complexity index is 712. The number of sulfonamides is 1. The lowest BCUT2D eigenvalue weighted by Gasteiger charge is -2.11. The molecule has 20 heavy (non-hydrogen) atoms. The van der Waals surface area contributed by atoms with Crippen molar-refractivity contribution in [3.05, 3.63) is 53.1 Å². The van der Waals surface area contributed by atoms with Crippen molar-refractivity contribution >= 4 is 39.1 Å². The van der Waals surface area contributed by atoms with E-state index in [9.17, 15) is 8.42 Å². The highest BCUT2D eigenvalue weighted by Crippen LogP contribution is 2.35. The molecule has 0 radical (unpaired) electrons. The number of anilines is 1. The van der Waals surface area contributed by atoms with E-state index in [1.807, 2.05) is 31.2 Å². The highest BCUT2D eigenvalue weighted by Gasteiger charge is 2.09. The number of nitrogens with one attached hydrogen (secondary N) is 1. The molecule has 0 bridgehead atoms. The van der Waals surface area contributed by atoms with Crippen LogP contribution in [0.5, 0.6) is 0 Å². The van der Waals surface area contributed by atoms with Gasteiger partial charge in [-0.25, -0.2) is 8.42 Å². The minimum absolute atomic E-state index is 0.490. The molecule has 3 nitrogen and oxygen atoms in total. The van der Waals surface area contributed by atoms with Crippen LogP contribution in [0.25, 0.3) is 0 Å². The Morgan fingerprint density at radius 2 is 1.75 bits per heavy atom. The van der Waals surface area contributed by atoms with Gasteiger partial charge in [0.2, 0.25) is 10.0 Å². The van der Waals surface area contributed by atoms with E-state index in [0.717, 1.165) is 16.0 Å². The van der Waals surface area contributed by atoms with Gasteiger partial charge in [0.15, 0.2) is 0 Å². The number of hydrogen-bond acceptors (Lipinski definition) is 3. The maximum atomic E-state index is 11.4. The Morgan fingerprint density at radius 3 is 2.35 bits per heavy atom. The fourth-order valence-electron chi connectivity index (χ4n) is 1.60. The summed E-state index contributed by atoms with van der Waals surface area (Å²) < 4.78 is 25.3. The maximum absolute atomic E-state index is 11.4. The average Bonchev–Trinajstić information content (AvgIpc) is 2.33. The van der Waals surface area contributed by atoms with Crippen LogP contribution < -0.4 is 4.72 Å². The quantitative estimate of drug-likeness (QED) is 0.916. The van der Waals surface area contributed by atoms with E-state index in [0.29, 0.717) is 10.7 Å². The second kappa shape index (κ2) is 6.08. The van der Waals surface area contributed by atoms with Crippen molar-refractivity contribution in [3.63, 3.8) is 0 Å². The van der Waals surface area contributed by atoms with Crippen LogP contribution in [0.3, 0.4) is 0 Å². The Hall–Kier alpha value is -1.17. The third kappa shape index (κ3) is 4.44. The molecule has 0 aliphatic rings. The third-order valence-electron chi connectivity index (χ3n) is 2.49. The van der Waals surface area contributed by atoms with Crippen molar-refractivity contribution in [1.82, 2.24) is 0 Å². The predicted octanol–water partition coefficient (Wildman–Crippen LogP) is 4.17. The van der Waals surface area contributed by atoms with Crippen LogP contribution in [-0.2, 0) is 10.0 Å². The van der Waals surface area contributed by atoms with Crippen molar-refractivity contribution in [2.24, 2.45) is 0 Å². The molecule has 0 atom stereocenters. The molecular formula is C14H14ClNO2S2. The second-order valence-electron chi connectivity index (χ2n) is 4.43. The average molecular weight is 328 g/mol. The molecule has 6 heteroatoms. The van der Waals surface area contributed by atoms with Crippen LogP contribution in [0, 0.1) is 6.92 Å². The van der Waals surface area contributed by atoms with Gasteiger partial charge < -0.3 is 0 Å². The van der Waals surface area contributed by atoms with E-state index < -0.39 is 10.0 Å². The van der Waals surface area contributed by atoms with Gasteiger partial charge in [0.05, 0.1) is 11.9 Å². The van der Waals surface area contributed by atoms with Crippen LogP contribution in [0.1, 0.15) is 5.56 Å². The number of hydrogen-bond donors (Lipinski definition) is 1. The summed E-state index contributed by atoms with van der Waals surface area (Å²) >= 11 is 7.41. The van der Waals surface area contributed by atoms with Gasteiger partial charge in [0, 0.05) is 14.8 Å². The van der Waals surface area contributed by atoms with Crippen LogP contribution >= 0.6 is 23.4 Å². The molecule has 0 saturated carbocycles. The molecule has 0 aliphatic carbocycles. The third-order valence-corrected chi connectivity index (χ3v) is 4.40. The summed E-state index contributed by atoms with van der Waals surface area (Å²) in [4.78, 5) is 1.85. The maximum Gasteiger partial charge on any atom is 0.229 e. The first-order valence-corrected chi connectivity index (χ1v) is 8.94. The molecule has 0 amide bonds. The summed E-state index contributed by atoms with van der Waals surface area (Å²) in [5, 5.41) is 0.490. The minimum atomic E-state index is -3.34. The van der Waals surface area contributed by atoms with E-state index >= 15 is 0 Å². The van der Waals surface area contributed by atoms with E-state index in [4.69, 9.17) is 11.6 Å². The van der Waals surface area contributed by atoms with E-state index in [1.165, 1.54) is 17.3 Å². The lowest BCUT2D eigenvalue weighted by molar-refractivity contribution is 0.606. The number of aryl methyl sites for hydroxylation is 1. The number of rotatable bonds is 4. The van der Waals surface area contributed by atoms with Crippen LogP contribution in [0.2, 0.25) is 5.02 Å². The zero-order chi connectivity index (χ0) is 14.8. The molecule has 106 valence electrons. The van der Waals surface area contributed by atoms with Gasteiger partial charge in [-0.05, 0) is 37.3 Å². The summed E-state index contributed by atoms with van der Waals surface area (Å²) in [6, 6.07) is 13.2. The molecule has 0 saturated heterocycles. The monoisotopic (exact) mass is 327 g/mol. The highest BCUT2D eigenvalue weighted by molar-refractivity contribution is 7.99. The van der Waals surface area contributed by atoms with Gasteiger partial charge in [-0.1, -0.05) is 41.1 Å². The summed E-state index contributed by atoms with van der Waals surface area (Å²) in [5.41, 5.74) is 1.67. The van der Waals surface area contributed by atoms with Gasteiger partial charge in [0.1, 0.15) is 0 Å². The van der Waals surface area contributed by atoms with Gasteiger partial charge in [-0.2, -0.15) is 0 Å². The first kappa shape index (κ1) is 15.2. The first-order chi connectivity index (χ1) is 9.33. The van der Waals surface area contributed by atoms with Gasteiger partial charge in [-0.15, -0.1) is 0 Å². The number of benzene rings is 2. The molecule has 0 spiro atoms. The number of halogens is 1. The van der Waals surface area contributed by atoms with Crippen molar-refractivity contribution in [3.8, 4) is 0 Å². The van der Waals surface area contributed by atoms with Crippen LogP contribution in [-0.4, -0.2) is 14.7 Å². The molecule has 0 aliphatic heterocycles. The predicted molar refractivity (Wildman–Crippen MR) is 85.2 cm³/mol. The van der Waals surface area contributed by atoms with E-state index in [2.05, 4.69) is 4.72 Å². The molecule has 0 fully saturated rings. The summed E-state index contributed by atoms with van der Waals surface area (Å²) in [7, 11) is -3.34. The first-order valence-electron chi connectivity index (χ1n) is 5.85. The fourth-order valence-corrected chi connectivity index (χ4v) is 3.29. The molecular weight excluding hydrogens is 314 g/mol. The Labute approximate surface area is 128 Å². The van der Waals surface area contributed by atoms with Crippen molar-refractivity contribution < 1.29 is 8.42 Å². The van der Waals surface area contributed by atoms with E-state index in [-0.39, 0.29) is 0 Å². The largest absolute Gasteiger partial charge is 0.283 e. The van der Waals surface area contributed by atoms with Crippen LogP contribution in [0.4, 0.5) is 5.69 Å². The molecule has 2 aromatic rings. The van der Waals surface area contributed by atoms with Gasteiger partial charge >= 0.3 is 0 Å². The standard InChI is InChI=1S/C14H14ClNO2S2/c1-10-3-6-12(7-4-10)19-14-8-5-11(15)9-13(14)16-20(2,17)18/h3-9,16H,1-2H3. The SMILES string of the molecule is Cc1ccc(Sc2ccc(Cl)cc2NS(C)(=O)=O)cc1. The van der Waals surface area contributed by atoms with Crippen LogP contribution in [0.15, 0.2) is 52.3 Å². The minimum Gasteiger partial charge on any atom is -0.283 e. The molecule has 2 aromatic carbocycles. The zero-order valence-corrected chi connectivity index (χ0v) is 13.4. The van der Waals surface area contributed by atoms with Crippen molar-refractivity contribution in [1.29, 1.82) is 0 Å². The normalized spacial score (nSPS) is 11.3. The van der Waals surface area contributed by atoms with Crippen molar-refractivity contribution in [2.45, 2.75) is 16.7 Å². The fraction of sp³-hybridized carbons (Fsp3) is 0.143. The lowest BCUT2D eigenvalue weighted by Crippen LogP contribution is -2.10. The lowest BCUT2D eigenvalue weighted by atomic mass is 10.2. The van der Waals surface area contributed by atoms with Gasteiger partial charge in [0.25, 0.3) is 0 Å².